The summed E-state index contributed by atoms with van der Waals surface area (Å²) in [7, 11) is 0. The second-order valence-corrected chi connectivity index (χ2v) is 6.90. The summed E-state index contributed by atoms with van der Waals surface area (Å²) in [5.74, 6) is 0.521. The zero-order valence-corrected chi connectivity index (χ0v) is 14.5. The van der Waals surface area contributed by atoms with Crippen molar-refractivity contribution in [3.8, 4) is 0 Å². The molecule has 0 saturated carbocycles. The van der Waals surface area contributed by atoms with E-state index >= 15 is 0 Å². The number of aromatic nitrogens is 2. The SMILES string of the molecule is CC(C)n1ccc(CN2CC[C@@H](CNC(=O)c3ccncc3)C2)c1. The first kappa shape index (κ1) is 16.7. The summed E-state index contributed by atoms with van der Waals surface area (Å²) in [5.41, 5.74) is 2.04. The number of hydrogen-bond donors (Lipinski definition) is 1. The number of carbonyl (C=O) groups excluding carboxylic acids is 1. The molecule has 0 radical (unpaired) electrons. The van der Waals surface area contributed by atoms with Gasteiger partial charge in [0, 0.05) is 56.0 Å². The largest absolute Gasteiger partial charge is 0.352 e. The van der Waals surface area contributed by atoms with Gasteiger partial charge in [-0.2, -0.15) is 0 Å². The van der Waals surface area contributed by atoms with Gasteiger partial charge in [0.1, 0.15) is 0 Å². The number of nitrogens with zero attached hydrogens (tertiary/aromatic N) is 3. The van der Waals surface area contributed by atoms with E-state index in [0.29, 0.717) is 17.5 Å². The Morgan fingerprint density at radius 1 is 1.33 bits per heavy atom. The summed E-state index contributed by atoms with van der Waals surface area (Å²) in [6, 6.07) is 6.21. The number of rotatable bonds is 6. The topological polar surface area (TPSA) is 50.2 Å². The predicted molar refractivity (Wildman–Crippen MR) is 94.8 cm³/mol. The van der Waals surface area contributed by atoms with Crippen LogP contribution < -0.4 is 5.32 Å². The first-order valence-corrected chi connectivity index (χ1v) is 8.69. The maximum atomic E-state index is 12.1. The molecule has 3 rings (SSSR count). The Morgan fingerprint density at radius 2 is 2.12 bits per heavy atom. The van der Waals surface area contributed by atoms with Gasteiger partial charge in [-0.25, -0.2) is 0 Å². The zero-order chi connectivity index (χ0) is 16.9. The lowest BCUT2D eigenvalue weighted by Gasteiger charge is -2.16. The zero-order valence-electron chi connectivity index (χ0n) is 14.5. The normalized spacial score (nSPS) is 18.2. The van der Waals surface area contributed by atoms with Crippen molar-refractivity contribution in [2.75, 3.05) is 19.6 Å². The molecule has 1 amide bonds. The first-order valence-electron chi connectivity index (χ1n) is 8.69. The fourth-order valence-corrected chi connectivity index (χ4v) is 3.20. The molecule has 0 spiro atoms. The van der Waals surface area contributed by atoms with Gasteiger partial charge >= 0.3 is 0 Å². The van der Waals surface area contributed by atoms with Crippen LogP contribution in [0.2, 0.25) is 0 Å². The van der Waals surface area contributed by atoms with E-state index in [2.05, 4.69) is 52.1 Å². The second kappa shape index (κ2) is 7.62. The Kier molecular flexibility index (Phi) is 5.30. The van der Waals surface area contributed by atoms with Crippen LogP contribution in [0.15, 0.2) is 43.0 Å². The minimum absolute atomic E-state index is 0.00939. The summed E-state index contributed by atoms with van der Waals surface area (Å²) >= 11 is 0. The molecule has 1 aliphatic heterocycles. The van der Waals surface area contributed by atoms with E-state index in [4.69, 9.17) is 0 Å². The van der Waals surface area contributed by atoms with Crippen LogP contribution in [-0.4, -0.2) is 40.0 Å². The van der Waals surface area contributed by atoms with Crippen molar-refractivity contribution in [1.29, 1.82) is 0 Å². The molecule has 1 atom stereocenters. The number of nitrogens with one attached hydrogen (secondary N) is 1. The summed E-state index contributed by atoms with van der Waals surface area (Å²) in [4.78, 5) is 18.5. The van der Waals surface area contributed by atoms with E-state index in [0.717, 1.165) is 32.6 Å². The minimum Gasteiger partial charge on any atom is -0.352 e. The van der Waals surface area contributed by atoms with Gasteiger partial charge in [-0.1, -0.05) is 0 Å². The highest BCUT2D eigenvalue weighted by atomic mass is 16.1. The molecule has 2 aromatic heterocycles. The van der Waals surface area contributed by atoms with E-state index in [-0.39, 0.29) is 5.91 Å². The molecular weight excluding hydrogens is 300 g/mol. The molecule has 5 nitrogen and oxygen atoms in total. The third kappa shape index (κ3) is 4.23. The van der Waals surface area contributed by atoms with Crippen LogP contribution in [0.25, 0.3) is 0 Å². The van der Waals surface area contributed by atoms with Crippen LogP contribution >= 0.6 is 0 Å². The Labute approximate surface area is 143 Å². The van der Waals surface area contributed by atoms with Crippen LogP contribution in [0.1, 0.15) is 42.2 Å². The van der Waals surface area contributed by atoms with Crippen LogP contribution in [0, 0.1) is 5.92 Å². The maximum absolute atomic E-state index is 12.1. The van der Waals surface area contributed by atoms with E-state index in [1.165, 1.54) is 5.56 Å². The summed E-state index contributed by atoms with van der Waals surface area (Å²) in [5, 5.41) is 3.05. The van der Waals surface area contributed by atoms with E-state index in [1.807, 2.05) is 0 Å². The lowest BCUT2D eigenvalue weighted by atomic mass is 10.1. The molecule has 0 unspecified atom stereocenters. The third-order valence-electron chi connectivity index (χ3n) is 4.64. The Hall–Kier alpha value is -2.14. The molecule has 1 fully saturated rings. The third-order valence-corrected chi connectivity index (χ3v) is 4.64. The summed E-state index contributed by atoms with van der Waals surface area (Å²) in [6.45, 7) is 8.27. The molecule has 1 saturated heterocycles. The lowest BCUT2D eigenvalue weighted by molar-refractivity contribution is 0.0947. The second-order valence-electron chi connectivity index (χ2n) is 6.90. The van der Waals surface area contributed by atoms with E-state index in [9.17, 15) is 4.79 Å². The average Bonchev–Trinajstić information content (AvgIpc) is 3.23. The van der Waals surface area contributed by atoms with Gasteiger partial charge in [0.15, 0.2) is 0 Å². The summed E-state index contributed by atoms with van der Waals surface area (Å²) in [6.07, 6.45) is 8.83. The first-order chi connectivity index (χ1) is 11.6. The van der Waals surface area contributed by atoms with Crippen molar-refractivity contribution in [3.05, 3.63) is 54.1 Å². The average molecular weight is 326 g/mol. The van der Waals surface area contributed by atoms with Crippen LogP contribution in [0.4, 0.5) is 0 Å². The number of pyridine rings is 1. The smallest absolute Gasteiger partial charge is 0.251 e. The molecule has 128 valence electrons. The van der Waals surface area contributed by atoms with Crippen molar-refractivity contribution in [2.24, 2.45) is 5.92 Å². The fraction of sp³-hybridized carbons (Fsp3) is 0.474. The van der Waals surface area contributed by atoms with Crippen LogP contribution in [-0.2, 0) is 6.54 Å². The van der Waals surface area contributed by atoms with Crippen molar-refractivity contribution >= 4 is 5.91 Å². The highest BCUT2D eigenvalue weighted by Gasteiger charge is 2.23. The molecule has 0 aromatic carbocycles. The minimum atomic E-state index is -0.00939. The monoisotopic (exact) mass is 326 g/mol. The van der Waals surface area contributed by atoms with E-state index in [1.54, 1.807) is 24.5 Å². The number of likely N-dealkylation sites (tertiary alicyclic amines) is 1. The molecule has 24 heavy (non-hydrogen) atoms. The van der Waals surface area contributed by atoms with Crippen molar-refractivity contribution in [2.45, 2.75) is 32.9 Å². The molecular formula is C19H26N4O. The number of hydrogen-bond acceptors (Lipinski definition) is 3. The fourth-order valence-electron chi connectivity index (χ4n) is 3.20. The number of amides is 1. The van der Waals surface area contributed by atoms with Gasteiger partial charge in [-0.15, -0.1) is 0 Å². The summed E-state index contributed by atoms with van der Waals surface area (Å²) < 4.78 is 2.25. The molecule has 3 heterocycles. The van der Waals surface area contributed by atoms with E-state index < -0.39 is 0 Å². The molecule has 1 aliphatic rings. The Bertz CT molecular complexity index is 665. The Balaban J connectivity index is 1.44. The highest BCUT2D eigenvalue weighted by Crippen LogP contribution is 2.19. The van der Waals surface area contributed by atoms with Gasteiger partial charge < -0.3 is 9.88 Å². The molecule has 2 aromatic rings. The van der Waals surface area contributed by atoms with Crippen LogP contribution in [0.3, 0.4) is 0 Å². The van der Waals surface area contributed by atoms with Crippen molar-refractivity contribution < 1.29 is 4.79 Å². The Morgan fingerprint density at radius 3 is 2.83 bits per heavy atom. The standard InChI is InChI=1S/C19H26N4O/c1-15(2)23-10-6-17(14-23)13-22-9-5-16(12-22)11-21-19(24)18-3-7-20-8-4-18/h3-4,6-8,10,14-16H,5,9,11-13H2,1-2H3,(H,21,24)/t16-/m0/s1. The molecule has 0 bridgehead atoms. The van der Waals surface area contributed by atoms with Gasteiger partial charge in [-0.05, 0) is 56.5 Å². The van der Waals surface area contributed by atoms with Gasteiger partial charge in [0.2, 0.25) is 0 Å². The quantitative estimate of drug-likeness (QED) is 0.888. The van der Waals surface area contributed by atoms with Crippen LogP contribution in [0.5, 0.6) is 0 Å². The van der Waals surface area contributed by atoms with Crippen molar-refractivity contribution in [1.82, 2.24) is 19.8 Å². The van der Waals surface area contributed by atoms with Gasteiger partial charge in [0.05, 0.1) is 0 Å². The molecule has 1 N–H and O–H groups in total. The molecule has 5 heteroatoms. The van der Waals surface area contributed by atoms with Gasteiger partial charge in [0.25, 0.3) is 5.91 Å². The van der Waals surface area contributed by atoms with Crippen molar-refractivity contribution in [3.63, 3.8) is 0 Å². The molecule has 0 aliphatic carbocycles. The lowest BCUT2D eigenvalue weighted by Crippen LogP contribution is -2.30. The maximum Gasteiger partial charge on any atom is 0.251 e. The van der Waals surface area contributed by atoms with Gasteiger partial charge in [-0.3, -0.25) is 14.7 Å². The highest BCUT2D eigenvalue weighted by molar-refractivity contribution is 5.93. The predicted octanol–water partition coefficient (Wildman–Crippen LogP) is 2.72. The number of carbonyl (C=O) groups is 1.